The van der Waals surface area contributed by atoms with Crippen LogP contribution in [-0.4, -0.2) is 16.3 Å². The molecule has 0 saturated heterocycles. The summed E-state index contributed by atoms with van der Waals surface area (Å²) >= 11 is 0. The SMILES string of the molecule is CCCC(C)Cn1nc(CC)c(CNCC(C)C)c1CC. The minimum atomic E-state index is 0.694. The van der Waals surface area contributed by atoms with Crippen LogP contribution in [0.5, 0.6) is 0 Å². The second-order valence-electron chi connectivity index (χ2n) is 6.68. The lowest BCUT2D eigenvalue weighted by molar-refractivity contribution is 0.410. The molecule has 0 aliphatic rings. The molecule has 1 N–H and O–H groups in total. The highest BCUT2D eigenvalue weighted by Crippen LogP contribution is 2.19. The third-order valence-electron chi connectivity index (χ3n) is 4.04. The number of aryl methyl sites for hydroxylation is 1. The fourth-order valence-corrected chi connectivity index (χ4v) is 2.99. The summed E-state index contributed by atoms with van der Waals surface area (Å²) in [4.78, 5) is 0. The van der Waals surface area contributed by atoms with Gasteiger partial charge in [-0.2, -0.15) is 5.10 Å². The molecule has 0 aliphatic heterocycles. The number of rotatable bonds is 10. The highest BCUT2D eigenvalue weighted by Gasteiger charge is 2.16. The molecule has 0 bridgehead atoms. The smallest absolute Gasteiger partial charge is 0.0669 e. The van der Waals surface area contributed by atoms with Crippen LogP contribution >= 0.6 is 0 Å². The van der Waals surface area contributed by atoms with Crippen LogP contribution in [0.1, 0.15) is 71.3 Å². The minimum Gasteiger partial charge on any atom is -0.312 e. The molecule has 0 aromatic carbocycles. The summed E-state index contributed by atoms with van der Waals surface area (Å²) in [7, 11) is 0. The zero-order valence-electron chi connectivity index (χ0n) is 15.0. The third-order valence-corrected chi connectivity index (χ3v) is 4.04. The van der Waals surface area contributed by atoms with Crippen molar-refractivity contribution >= 4 is 0 Å². The molecule has 0 aliphatic carbocycles. The van der Waals surface area contributed by atoms with E-state index < -0.39 is 0 Å². The maximum atomic E-state index is 4.90. The maximum Gasteiger partial charge on any atom is 0.0669 e. The van der Waals surface area contributed by atoms with Crippen LogP contribution in [0.25, 0.3) is 0 Å². The highest BCUT2D eigenvalue weighted by molar-refractivity contribution is 5.26. The van der Waals surface area contributed by atoms with Crippen molar-refractivity contribution in [2.75, 3.05) is 6.54 Å². The van der Waals surface area contributed by atoms with E-state index in [4.69, 9.17) is 5.10 Å². The summed E-state index contributed by atoms with van der Waals surface area (Å²) in [5, 5.41) is 8.49. The topological polar surface area (TPSA) is 29.9 Å². The molecular weight excluding hydrogens is 258 g/mol. The summed E-state index contributed by atoms with van der Waals surface area (Å²) in [6.45, 7) is 16.7. The number of aromatic nitrogens is 2. The molecule has 3 heteroatoms. The molecule has 0 saturated carbocycles. The Bertz CT molecular complexity index is 407. The van der Waals surface area contributed by atoms with Crippen molar-refractivity contribution in [3.05, 3.63) is 17.0 Å². The molecule has 0 amide bonds. The van der Waals surface area contributed by atoms with E-state index in [9.17, 15) is 0 Å². The first-order valence-electron chi connectivity index (χ1n) is 8.81. The van der Waals surface area contributed by atoms with Crippen LogP contribution in [0.4, 0.5) is 0 Å². The van der Waals surface area contributed by atoms with Gasteiger partial charge >= 0.3 is 0 Å². The first kappa shape index (κ1) is 18.2. The first-order chi connectivity index (χ1) is 10.0. The standard InChI is InChI=1S/C18H35N3/c1-7-10-15(6)13-21-18(9-3)16(17(8-2)20-21)12-19-11-14(4)5/h14-15,19H,7-13H2,1-6H3. The lowest BCUT2D eigenvalue weighted by Gasteiger charge is -2.13. The minimum absolute atomic E-state index is 0.694. The molecule has 0 radical (unpaired) electrons. The van der Waals surface area contributed by atoms with Gasteiger partial charge in [-0.25, -0.2) is 0 Å². The van der Waals surface area contributed by atoms with Crippen LogP contribution in [-0.2, 0) is 25.9 Å². The lowest BCUT2D eigenvalue weighted by Crippen LogP contribution is -2.20. The zero-order chi connectivity index (χ0) is 15.8. The first-order valence-corrected chi connectivity index (χ1v) is 8.81. The van der Waals surface area contributed by atoms with Crippen LogP contribution in [0.15, 0.2) is 0 Å². The summed E-state index contributed by atoms with van der Waals surface area (Å²) in [6, 6.07) is 0. The molecule has 122 valence electrons. The predicted octanol–water partition coefficient (Wildman–Crippen LogP) is 4.19. The lowest BCUT2D eigenvalue weighted by atomic mass is 10.1. The van der Waals surface area contributed by atoms with Crippen molar-refractivity contribution in [1.29, 1.82) is 0 Å². The van der Waals surface area contributed by atoms with Gasteiger partial charge in [0.05, 0.1) is 5.69 Å². The van der Waals surface area contributed by atoms with Crippen LogP contribution in [0.3, 0.4) is 0 Å². The number of hydrogen-bond acceptors (Lipinski definition) is 2. The second-order valence-corrected chi connectivity index (χ2v) is 6.68. The van der Waals surface area contributed by atoms with Gasteiger partial charge in [0.2, 0.25) is 0 Å². The van der Waals surface area contributed by atoms with Gasteiger partial charge in [0.15, 0.2) is 0 Å². The summed E-state index contributed by atoms with van der Waals surface area (Å²) < 4.78 is 2.28. The summed E-state index contributed by atoms with van der Waals surface area (Å²) in [6.07, 6.45) is 4.64. The molecule has 1 rings (SSSR count). The summed E-state index contributed by atoms with van der Waals surface area (Å²) in [5.74, 6) is 1.40. The molecule has 21 heavy (non-hydrogen) atoms. The van der Waals surface area contributed by atoms with Gasteiger partial charge in [0.25, 0.3) is 0 Å². The average molecular weight is 293 g/mol. The van der Waals surface area contributed by atoms with Gasteiger partial charge in [-0.05, 0) is 37.6 Å². The second kappa shape index (κ2) is 9.24. The highest BCUT2D eigenvalue weighted by atomic mass is 15.3. The van der Waals surface area contributed by atoms with Crippen molar-refractivity contribution in [3.8, 4) is 0 Å². The van der Waals surface area contributed by atoms with E-state index in [0.29, 0.717) is 11.8 Å². The largest absolute Gasteiger partial charge is 0.312 e. The van der Waals surface area contributed by atoms with Crippen molar-refractivity contribution in [2.45, 2.75) is 80.3 Å². The fourth-order valence-electron chi connectivity index (χ4n) is 2.99. The predicted molar refractivity (Wildman–Crippen MR) is 91.6 cm³/mol. The van der Waals surface area contributed by atoms with Crippen molar-refractivity contribution in [1.82, 2.24) is 15.1 Å². The third kappa shape index (κ3) is 5.46. The Morgan fingerprint density at radius 1 is 1.10 bits per heavy atom. The van der Waals surface area contributed by atoms with Crippen LogP contribution in [0, 0.1) is 11.8 Å². The number of nitrogens with one attached hydrogen (secondary N) is 1. The monoisotopic (exact) mass is 293 g/mol. The van der Waals surface area contributed by atoms with Gasteiger partial charge in [0, 0.05) is 24.3 Å². The molecule has 0 spiro atoms. The Kier molecular flexibility index (Phi) is 8.02. The van der Waals surface area contributed by atoms with E-state index in [2.05, 4.69) is 51.5 Å². The van der Waals surface area contributed by atoms with E-state index in [-0.39, 0.29) is 0 Å². The Hall–Kier alpha value is -0.830. The molecule has 1 atom stereocenters. The Labute approximate surface area is 131 Å². The quantitative estimate of drug-likeness (QED) is 0.701. The van der Waals surface area contributed by atoms with Crippen molar-refractivity contribution < 1.29 is 0 Å². The Balaban J connectivity index is 2.87. The van der Waals surface area contributed by atoms with Crippen molar-refractivity contribution in [3.63, 3.8) is 0 Å². The molecule has 1 aromatic heterocycles. The van der Waals surface area contributed by atoms with Gasteiger partial charge < -0.3 is 5.32 Å². The van der Waals surface area contributed by atoms with Gasteiger partial charge in [-0.1, -0.05) is 48.0 Å². The van der Waals surface area contributed by atoms with Gasteiger partial charge in [-0.15, -0.1) is 0 Å². The Morgan fingerprint density at radius 2 is 1.81 bits per heavy atom. The molecule has 1 unspecified atom stereocenters. The van der Waals surface area contributed by atoms with E-state index >= 15 is 0 Å². The Morgan fingerprint density at radius 3 is 2.33 bits per heavy atom. The molecule has 3 nitrogen and oxygen atoms in total. The van der Waals surface area contributed by atoms with E-state index in [0.717, 1.165) is 32.5 Å². The number of hydrogen-bond donors (Lipinski definition) is 1. The van der Waals surface area contributed by atoms with E-state index in [1.165, 1.54) is 29.8 Å². The summed E-state index contributed by atoms with van der Waals surface area (Å²) in [5.41, 5.74) is 4.17. The maximum absolute atomic E-state index is 4.90. The van der Waals surface area contributed by atoms with Crippen LogP contribution in [0.2, 0.25) is 0 Å². The van der Waals surface area contributed by atoms with Gasteiger partial charge in [-0.3, -0.25) is 4.68 Å². The molecular formula is C18H35N3. The van der Waals surface area contributed by atoms with Crippen LogP contribution < -0.4 is 5.32 Å². The number of nitrogens with zero attached hydrogens (tertiary/aromatic N) is 2. The van der Waals surface area contributed by atoms with E-state index in [1.807, 2.05) is 0 Å². The van der Waals surface area contributed by atoms with E-state index in [1.54, 1.807) is 0 Å². The van der Waals surface area contributed by atoms with Crippen molar-refractivity contribution in [2.24, 2.45) is 11.8 Å². The van der Waals surface area contributed by atoms with Gasteiger partial charge in [0.1, 0.15) is 0 Å². The average Bonchev–Trinajstić information content (AvgIpc) is 2.75. The normalized spacial score (nSPS) is 13.1. The zero-order valence-corrected chi connectivity index (χ0v) is 15.0. The fraction of sp³-hybridized carbons (Fsp3) is 0.833. The molecule has 1 aromatic rings. The molecule has 0 fully saturated rings. The molecule has 1 heterocycles.